The van der Waals surface area contributed by atoms with Gasteiger partial charge >= 0.3 is 0 Å². The summed E-state index contributed by atoms with van der Waals surface area (Å²) in [6, 6.07) is 30.8. The van der Waals surface area contributed by atoms with E-state index in [1.807, 2.05) is 0 Å². The lowest BCUT2D eigenvalue weighted by Gasteiger charge is -2.35. The fourth-order valence-corrected chi connectivity index (χ4v) is 4.95. The first-order valence-corrected chi connectivity index (χ1v) is 10.6. The SMILES string of the molecule is [SiH3]C1(c2ccc(C(c3ccccc3)c3ccccc3)cc2)CCCCO1. The molecule has 1 heterocycles. The van der Waals surface area contributed by atoms with Gasteiger partial charge < -0.3 is 4.74 Å². The topological polar surface area (TPSA) is 9.23 Å². The molecule has 4 rings (SSSR count). The van der Waals surface area contributed by atoms with Crippen molar-refractivity contribution >= 4 is 10.2 Å². The van der Waals surface area contributed by atoms with Crippen molar-refractivity contribution in [2.24, 2.45) is 0 Å². The second-order valence-corrected chi connectivity index (χ2v) is 9.03. The van der Waals surface area contributed by atoms with E-state index >= 15 is 0 Å². The molecule has 26 heavy (non-hydrogen) atoms. The van der Waals surface area contributed by atoms with Crippen molar-refractivity contribution in [1.29, 1.82) is 0 Å². The highest BCUT2D eigenvalue weighted by atomic mass is 28.1. The number of benzene rings is 3. The van der Waals surface area contributed by atoms with Crippen LogP contribution >= 0.6 is 0 Å². The zero-order chi connectivity index (χ0) is 17.8. The first-order chi connectivity index (χ1) is 12.8. The quantitative estimate of drug-likeness (QED) is 0.490. The number of hydrogen-bond acceptors (Lipinski definition) is 1. The standard InChI is InChI=1S/C24H26OSi/c26-24(17-7-8-18-25-24)22-15-13-21(14-16-22)23(19-9-3-1-4-10-19)20-11-5-2-6-12-20/h1-6,9-16,23H,7-8,17-18H2,26H3. The molecule has 0 aromatic heterocycles. The molecule has 0 saturated carbocycles. The van der Waals surface area contributed by atoms with Crippen LogP contribution < -0.4 is 0 Å². The fraction of sp³-hybridized carbons (Fsp3) is 0.250. The van der Waals surface area contributed by atoms with Gasteiger partial charge in [-0.05, 0) is 41.5 Å². The van der Waals surface area contributed by atoms with Crippen LogP contribution in [-0.2, 0) is 9.96 Å². The van der Waals surface area contributed by atoms with E-state index in [9.17, 15) is 0 Å². The molecule has 132 valence electrons. The molecule has 0 amide bonds. The predicted molar refractivity (Wildman–Crippen MR) is 112 cm³/mol. The fourth-order valence-electron chi connectivity index (χ4n) is 4.06. The van der Waals surface area contributed by atoms with Crippen LogP contribution in [0.25, 0.3) is 0 Å². The minimum atomic E-state index is 0.00572. The van der Waals surface area contributed by atoms with Gasteiger partial charge in [0.25, 0.3) is 0 Å². The molecule has 1 nitrogen and oxygen atoms in total. The summed E-state index contributed by atoms with van der Waals surface area (Å²) in [5.41, 5.74) is 5.36. The minimum Gasteiger partial charge on any atom is -0.375 e. The van der Waals surface area contributed by atoms with Crippen LogP contribution in [0.15, 0.2) is 84.9 Å². The van der Waals surface area contributed by atoms with E-state index in [1.165, 1.54) is 41.5 Å². The molecular formula is C24H26OSi. The largest absolute Gasteiger partial charge is 0.375 e. The predicted octanol–water partition coefficient (Wildman–Crippen LogP) is 4.59. The van der Waals surface area contributed by atoms with E-state index in [4.69, 9.17) is 4.74 Å². The van der Waals surface area contributed by atoms with E-state index in [-0.39, 0.29) is 11.1 Å². The Hall–Kier alpha value is -2.16. The zero-order valence-electron chi connectivity index (χ0n) is 15.4. The van der Waals surface area contributed by atoms with Crippen molar-refractivity contribution in [3.8, 4) is 0 Å². The second kappa shape index (κ2) is 7.61. The van der Waals surface area contributed by atoms with Crippen LogP contribution in [0.1, 0.15) is 47.4 Å². The van der Waals surface area contributed by atoms with Gasteiger partial charge in [-0.15, -0.1) is 0 Å². The van der Waals surface area contributed by atoms with Crippen molar-refractivity contribution < 1.29 is 4.74 Å². The molecule has 1 aliphatic rings. The third-order valence-electron chi connectivity index (χ3n) is 5.59. The van der Waals surface area contributed by atoms with Crippen LogP contribution in [0.4, 0.5) is 0 Å². The first-order valence-electron chi connectivity index (χ1n) is 9.61. The number of hydrogen-bond donors (Lipinski definition) is 0. The highest BCUT2D eigenvalue weighted by Gasteiger charge is 2.29. The Morgan fingerprint density at radius 3 is 1.73 bits per heavy atom. The average molecular weight is 359 g/mol. The van der Waals surface area contributed by atoms with Crippen LogP contribution in [0, 0.1) is 0 Å². The molecule has 0 spiro atoms. The van der Waals surface area contributed by atoms with E-state index < -0.39 is 0 Å². The molecule has 0 bridgehead atoms. The van der Waals surface area contributed by atoms with E-state index in [1.54, 1.807) is 0 Å². The Bertz CT molecular complexity index is 782. The molecule has 1 unspecified atom stereocenters. The van der Waals surface area contributed by atoms with Gasteiger partial charge in [-0.3, -0.25) is 0 Å². The Morgan fingerprint density at radius 2 is 1.23 bits per heavy atom. The minimum absolute atomic E-state index is 0.00572. The smallest absolute Gasteiger partial charge is 0.0723 e. The summed E-state index contributed by atoms with van der Waals surface area (Å²) in [5.74, 6) is 0.267. The molecule has 1 atom stereocenters. The summed E-state index contributed by atoms with van der Waals surface area (Å²) >= 11 is 0. The zero-order valence-corrected chi connectivity index (χ0v) is 17.4. The summed E-state index contributed by atoms with van der Waals surface area (Å²) < 4.78 is 6.18. The van der Waals surface area contributed by atoms with Crippen LogP contribution in [0.5, 0.6) is 0 Å². The lowest BCUT2D eigenvalue weighted by molar-refractivity contribution is -0.0210. The van der Waals surface area contributed by atoms with Crippen molar-refractivity contribution in [3.05, 3.63) is 107 Å². The summed E-state index contributed by atoms with van der Waals surface area (Å²) in [6.45, 7) is 0.905. The lowest BCUT2D eigenvalue weighted by atomic mass is 9.84. The van der Waals surface area contributed by atoms with Gasteiger partial charge in [-0.25, -0.2) is 0 Å². The Labute approximate surface area is 159 Å². The maximum atomic E-state index is 6.18. The number of rotatable bonds is 4. The van der Waals surface area contributed by atoms with Gasteiger partial charge in [-0.2, -0.15) is 0 Å². The highest BCUT2D eigenvalue weighted by Crippen LogP contribution is 2.35. The van der Waals surface area contributed by atoms with Crippen molar-refractivity contribution in [2.45, 2.75) is 30.4 Å². The Balaban J connectivity index is 1.70. The molecule has 1 fully saturated rings. The molecule has 1 saturated heterocycles. The van der Waals surface area contributed by atoms with Gasteiger partial charge in [0, 0.05) is 22.8 Å². The molecular weight excluding hydrogens is 332 g/mol. The second-order valence-electron chi connectivity index (χ2n) is 7.41. The lowest BCUT2D eigenvalue weighted by Crippen LogP contribution is -2.33. The highest BCUT2D eigenvalue weighted by molar-refractivity contribution is 6.14. The van der Waals surface area contributed by atoms with Gasteiger partial charge in [-0.1, -0.05) is 84.9 Å². The van der Waals surface area contributed by atoms with Crippen LogP contribution in [0.3, 0.4) is 0 Å². The molecule has 1 aliphatic heterocycles. The van der Waals surface area contributed by atoms with Gasteiger partial charge in [0.15, 0.2) is 0 Å². The Kier molecular flexibility index (Phi) is 5.05. The Morgan fingerprint density at radius 1 is 0.692 bits per heavy atom. The summed E-state index contributed by atoms with van der Waals surface area (Å²) in [4.78, 5) is 0. The summed E-state index contributed by atoms with van der Waals surface area (Å²) in [5, 5.41) is 0.00572. The molecule has 3 aromatic rings. The van der Waals surface area contributed by atoms with Crippen LogP contribution in [-0.4, -0.2) is 16.8 Å². The summed E-state index contributed by atoms with van der Waals surface area (Å²) in [6.07, 6.45) is 3.65. The van der Waals surface area contributed by atoms with E-state index in [2.05, 4.69) is 84.9 Å². The summed E-state index contributed by atoms with van der Waals surface area (Å²) in [7, 11) is 1.04. The molecule has 3 aromatic carbocycles. The molecule has 0 N–H and O–H groups in total. The van der Waals surface area contributed by atoms with Crippen molar-refractivity contribution in [2.75, 3.05) is 6.61 Å². The van der Waals surface area contributed by atoms with E-state index in [0.717, 1.165) is 16.8 Å². The van der Waals surface area contributed by atoms with Gasteiger partial charge in [0.1, 0.15) is 0 Å². The van der Waals surface area contributed by atoms with Crippen molar-refractivity contribution in [3.63, 3.8) is 0 Å². The van der Waals surface area contributed by atoms with Gasteiger partial charge in [0.2, 0.25) is 0 Å². The monoisotopic (exact) mass is 358 g/mol. The molecule has 0 radical (unpaired) electrons. The van der Waals surface area contributed by atoms with E-state index in [0.29, 0.717) is 0 Å². The third-order valence-corrected chi connectivity index (χ3v) is 6.96. The molecule has 0 aliphatic carbocycles. The normalized spacial score (nSPS) is 20.3. The first kappa shape index (κ1) is 17.3. The van der Waals surface area contributed by atoms with Gasteiger partial charge in [0.05, 0.1) is 5.22 Å². The molecule has 2 heteroatoms. The van der Waals surface area contributed by atoms with Crippen LogP contribution in [0.2, 0.25) is 0 Å². The maximum absolute atomic E-state index is 6.18. The average Bonchev–Trinajstić information content (AvgIpc) is 2.71. The van der Waals surface area contributed by atoms with Crippen molar-refractivity contribution in [1.82, 2.24) is 0 Å². The maximum Gasteiger partial charge on any atom is 0.0723 e. The number of ether oxygens (including phenoxy) is 1. The third kappa shape index (κ3) is 3.53.